The molecule has 4 saturated heterocycles. The van der Waals surface area contributed by atoms with Gasteiger partial charge in [-0.15, -0.1) is 9.24 Å². The van der Waals surface area contributed by atoms with Crippen LogP contribution >= 0.6 is 20.8 Å². The number of pyridine rings is 1. The number of piperazine rings is 1. The van der Waals surface area contributed by atoms with Crippen molar-refractivity contribution >= 4 is 53.6 Å². The van der Waals surface area contributed by atoms with Gasteiger partial charge in [-0.2, -0.15) is 0 Å². The highest BCUT2D eigenvalue weighted by Gasteiger charge is 2.48. The molecular weight excluding hydrogens is 563 g/mol. The highest BCUT2D eigenvalue weighted by Crippen LogP contribution is 2.43. The fourth-order valence-electron chi connectivity index (χ4n) is 8.30. The van der Waals surface area contributed by atoms with Crippen molar-refractivity contribution in [1.82, 2.24) is 25.2 Å². The minimum absolute atomic E-state index is 0.209. The monoisotopic (exact) mass is 600 g/mol. The van der Waals surface area contributed by atoms with E-state index in [1.807, 2.05) is 25.4 Å². The topological polar surface area (TPSA) is 66.4 Å². The normalized spacial score (nSPS) is 27.4. The number of halogens is 1. The standard InChI is InChI=1S/C33H38ClN6OP/c1-41-23-15-33(12-4-14-40(33)19-23)13-11-27-37-30-25(32(38-27)39-17-21-9-10-22(18-39)36-21)16-35-29(31(30)42)24-7-2-5-20-6-3-8-26(34)28(20)24/h2-3,5-8,16,21-23,36H,4,9-15,17-19,42H2,1H3. The Morgan fingerprint density at radius 3 is 2.71 bits per heavy atom. The summed E-state index contributed by atoms with van der Waals surface area (Å²) in [6.07, 6.45) is 10.3. The Balaban J connectivity index is 1.23. The molecule has 0 radical (unpaired) electrons. The average Bonchev–Trinajstić information content (AvgIpc) is 3.67. The summed E-state index contributed by atoms with van der Waals surface area (Å²) >= 11 is 6.75. The maximum Gasteiger partial charge on any atom is 0.141 e. The zero-order chi connectivity index (χ0) is 28.4. The van der Waals surface area contributed by atoms with Gasteiger partial charge in [-0.05, 0) is 56.5 Å². The number of aromatic nitrogens is 3. The minimum Gasteiger partial charge on any atom is -0.380 e. The number of nitrogens with one attached hydrogen (secondary N) is 1. The molecule has 1 N–H and O–H groups in total. The zero-order valence-corrected chi connectivity index (χ0v) is 26.1. The lowest BCUT2D eigenvalue weighted by atomic mass is 9.88. The molecule has 5 atom stereocenters. The first-order chi connectivity index (χ1) is 20.5. The van der Waals surface area contributed by atoms with Gasteiger partial charge in [0.15, 0.2) is 0 Å². The molecule has 5 unspecified atom stereocenters. The van der Waals surface area contributed by atoms with Crippen LogP contribution in [0.5, 0.6) is 0 Å². The third-order valence-electron chi connectivity index (χ3n) is 10.3. The Labute approximate surface area is 254 Å². The van der Waals surface area contributed by atoms with Crippen LogP contribution < -0.4 is 15.5 Å². The molecule has 4 aromatic rings. The molecule has 218 valence electrons. The van der Waals surface area contributed by atoms with Crippen molar-refractivity contribution in [3.8, 4) is 11.3 Å². The molecule has 4 aliphatic heterocycles. The van der Waals surface area contributed by atoms with Gasteiger partial charge in [-0.25, -0.2) is 9.97 Å². The SMILES string of the molecule is COC1CN2CCCC2(CCc2nc(N3CC4CCC(C3)N4)c3cnc(-c4cccc5cccc(Cl)c45)c(P)c3n2)C1. The lowest BCUT2D eigenvalue weighted by Crippen LogP contribution is -2.51. The molecule has 0 spiro atoms. The number of hydrogen-bond acceptors (Lipinski definition) is 7. The zero-order valence-electron chi connectivity index (χ0n) is 24.2. The van der Waals surface area contributed by atoms with E-state index in [2.05, 4.69) is 48.6 Å². The Kier molecular flexibility index (Phi) is 6.88. The highest BCUT2D eigenvalue weighted by molar-refractivity contribution is 7.28. The molecule has 8 rings (SSSR count). The molecule has 4 fully saturated rings. The van der Waals surface area contributed by atoms with Crippen molar-refractivity contribution in [2.24, 2.45) is 0 Å². The summed E-state index contributed by atoms with van der Waals surface area (Å²) in [6.45, 7) is 4.16. The lowest BCUT2D eigenvalue weighted by molar-refractivity contribution is 0.107. The van der Waals surface area contributed by atoms with Gasteiger partial charge in [0.05, 0.1) is 22.7 Å². The largest absolute Gasteiger partial charge is 0.380 e. The fraction of sp³-hybridized carbons (Fsp3) is 0.485. The first-order valence-corrected chi connectivity index (χ1v) is 16.4. The van der Waals surface area contributed by atoms with Crippen molar-refractivity contribution in [3.63, 3.8) is 0 Å². The van der Waals surface area contributed by atoms with Gasteiger partial charge in [0, 0.05) is 78.3 Å². The molecule has 0 aliphatic carbocycles. The van der Waals surface area contributed by atoms with E-state index in [9.17, 15) is 0 Å². The molecule has 0 amide bonds. The summed E-state index contributed by atoms with van der Waals surface area (Å²) in [5.41, 5.74) is 3.12. The maximum absolute atomic E-state index is 6.75. The third-order valence-corrected chi connectivity index (χ3v) is 11.2. The Hall–Kier alpha value is -2.41. The van der Waals surface area contributed by atoms with Gasteiger partial charge in [-0.3, -0.25) is 9.88 Å². The number of methoxy groups -OCH3 is 1. The van der Waals surface area contributed by atoms with Crippen molar-refractivity contribution < 1.29 is 4.74 Å². The second kappa shape index (κ2) is 10.6. The number of anilines is 1. The summed E-state index contributed by atoms with van der Waals surface area (Å²) < 4.78 is 5.81. The van der Waals surface area contributed by atoms with Crippen LogP contribution in [-0.4, -0.2) is 76.9 Å². The summed E-state index contributed by atoms with van der Waals surface area (Å²) in [7, 11) is 4.83. The van der Waals surface area contributed by atoms with Gasteiger partial charge in [-0.1, -0.05) is 41.9 Å². The molecule has 2 aromatic carbocycles. The molecule has 0 saturated carbocycles. The van der Waals surface area contributed by atoms with Crippen LogP contribution in [0.1, 0.15) is 44.3 Å². The number of nitrogens with zero attached hydrogens (tertiary/aromatic N) is 5. The Morgan fingerprint density at radius 1 is 1.10 bits per heavy atom. The van der Waals surface area contributed by atoms with Crippen LogP contribution in [0, 0.1) is 0 Å². The first kappa shape index (κ1) is 27.2. The van der Waals surface area contributed by atoms with Crippen LogP contribution in [0.15, 0.2) is 42.6 Å². The van der Waals surface area contributed by atoms with Crippen molar-refractivity contribution in [3.05, 3.63) is 53.4 Å². The predicted molar refractivity (Wildman–Crippen MR) is 174 cm³/mol. The van der Waals surface area contributed by atoms with Gasteiger partial charge in [0.1, 0.15) is 11.6 Å². The maximum atomic E-state index is 6.75. The van der Waals surface area contributed by atoms with E-state index in [4.69, 9.17) is 31.3 Å². The molecule has 9 heteroatoms. The molecule has 2 bridgehead atoms. The summed E-state index contributed by atoms with van der Waals surface area (Å²) in [5, 5.41) is 8.68. The van der Waals surface area contributed by atoms with E-state index >= 15 is 0 Å². The molecule has 6 heterocycles. The van der Waals surface area contributed by atoms with Gasteiger partial charge in [0.2, 0.25) is 0 Å². The highest BCUT2D eigenvalue weighted by atomic mass is 35.5. The number of fused-ring (bicyclic) bond motifs is 5. The second-order valence-electron chi connectivity index (χ2n) is 12.8. The number of aryl methyl sites for hydroxylation is 1. The first-order valence-electron chi connectivity index (χ1n) is 15.4. The van der Waals surface area contributed by atoms with E-state index in [0.717, 1.165) is 93.8 Å². The van der Waals surface area contributed by atoms with Crippen LogP contribution in [0.4, 0.5) is 5.82 Å². The quantitative estimate of drug-likeness (QED) is 0.308. The average molecular weight is 601 g/mol. The van der Waals surface area contributed by atoms with Crippen LogP contribution in [0.2, 0.25) is 5.02 Å². The van der Waals surface area contributed by atoms with E-state index < -0.39 is 0 Å². The van der Waals surface area contributed by atoms with Gasteiger partial charge >= 0.3 is 0 Å². The molecular formula is C33H38ClN6OP. The van der Waals surface area contributed by atoms with Crippen LogP contribution in [-0.2, 0) is 11.2 Å². The van der Waals surface area contributed by atoms with Gasteiger partial charge < -0.3 is 15.0 Å². The number of hydrogen-bond donors (Lipinski definition) is 1. The minimum atomic E-state index is 0.209. The predicted octanol–water partition coefficient (Wildman–Crippen LogP) is 5.13. The molecule has 7 nitrogen and oxygen atoms in total. The smallest absolute Gasteiger partial charge is 0.141 e. The Morgan fingerprint density at radius 2 is 1.90 bits per heavy atom. The number of benzene rings is 2. The van der Waals surface area contributed by atoms with Crippen molar-refractivity contribution in [2.45, 2.75) is 68.7 Å². The third kappa shape index (κ3) is 4.51. The molecule has 42 heavy (non-hydrogen) atoms. The van der Waals surface area contributed by atoms with E-state index in [1.165, 1.54) is 32.2 Å². The van der Waals surface area contributed by atoms with E-state index in [-0.39, 0.29) is 5.54 Å². The van der Waals surface area contributed by atoms with Crippen LogP contribution in [0.25, 0.3) is 32.9 Å². The Bertz CT molecular complexity index is 1670. The number of ether oxygens (including phenoxy) is 1. The molecule has 2 aromatic heterocycles. The van der Waals surface area contributed by atoms with E-state index in [0.29, 0.717) is 18.2 Å². The lowest BCUT2D eigenvalue weighted by Gasteiger charge is -2.35. The second-order valence-corrected chi connectivity index (χ2v) is 13.8. The summed E-state index contributed by atoms with van der Waals surface area (Å²) in [4.78, 5) is 20.8. The number of rotatable bonds is 6. The van der Waals surface area contributed by atoms with Crippen molar-refractivity contribution in [1.29, 1.82) is 0 Å². The summed E-state index contributed by atoms with van der Waals surface area (Å²) in [6, 6.07) is 13.4. The van der Waals surface area contributed by atoms with Gasteiger partial charge in [0.25, 0.3) is 0 Å². The summed E-state index contributed by atoms with van der Waals surface area (Å²) in [5.74, 6) is 1.97. The van der Waals surface area contributed by atoms with E-state index in [1.54, 1.807) is 0 Å². The van der Waals surface area contributed by atoms with Crippen molar-refractivity contribution in [2.75, 3.05) is 38.2 Å². The molecule has 4 aliphatic rings. The van der Waals surface area contributed by atoms with Crippen LogP contribution in [0.3, 0.4) is 0 Å². The fourth-order valence-corrected chi connectivity index (χ4v) is 9.03.